The molecule has 5 nitrogen and oxygen atoms in total. The van der Waals surface area contributed by atoms with Crippen LogP contribution in [0.5, 0.6) is 0 Å². The fourth-order valence-corrected chi connectivity index (χ4v) is 2.36. The van der Waals surface area contributed by atoms with Crippen LogP contribution in [0.15, 0.2) is 18.2 Å². The van der Waals surface area contributed by atoms with Gasteiger partial charge in [-0.15, -0.1) is 0 Å². The van der Waals surface area contributed by atoms with Crippen LogP contribution >= 0.6 is 0 Å². The van der Waals surface area contributed by atoms with Gasteiger partial charge in [0.25, 0.3) is 5.69 Å². The molecule has 0 bridgehead atoms. The van der Waals surface area contributed by atoms with Crippen molar-refractivity contribution in [2.75, 3.05) is 25.5 Å². The first-order valence-corrected chi connectivity index (χ1v) is 7.30. The van der Waals surface area contributed by atoms with Gasteiger partial charge in [-0.3, -0.25) is 10.1 Å². The van der Waals surface area contributed by atoms with Crippen LogP contribution < -0.4 is 5.32 Å². The highest BCUT2D eigenvalue weighted by atomic mass is 16.6. The minimum Gasteiger partial charge on any atom is -0.379 e. The summed E-state index contributed by atoms with van der Waals surface area (Å²) >= 11 is 0. The van der Waals surface area contributed by atoms with Crippen molar-refractivity contribution >= 4 is 11.4 Å². The smallest absolute Gasteiger partial charge is 0.292 e. The van der Waals surface area contributed by atoms with E-state index in [0.717, 1.165) is 37.5 Å². The number of nitro groups is 1. The number of rotatable bonds is 8. The van der Waals surface area contributed by atoms with Crippen molar-refractivity contribution in [3.63, 3.8) is 0 Å². The van der Waals surface area contributed by atoms with E-state index in [0.29, 0.717) is 5.69 Å². The predicted octanol–water partition coefficient (Wildman–Crippen LogP) is 3.26. The Bertz CT molecular complexity index is 472. The molecule has 1 saturated carbocycles. The summed E-state index contributed by atoms with van der Waals surface area (Å²) in [6, 6.07) is 5.38. The van der Waals surface area contributed by atoms with E-state index >= 15 is 0 Å². The van der Waals surface area contributed by atoms with Gasteiger partial charge < -0.3 is 10.2 Å². The van der Waals surface area contributed by atoms with Crippen molar-refractivity contribution in [3.8, 4) is 0 Å². The van der Waals surface area contributed by atoms with Gasteiger partial charge in [-0.2, -0.15) is 0 Å². The molecule has 110 valence electrons. The van der Waals surface area contributed by atoms with Crippen LogP contribution in [0.3, 0.4) is 0 Å². The summed E-state index contributed by atoms with van der Waals surface area (Å²) in [5.41, 5.74) is 1.92. The van der Waals surface area contributed by atoms with E-state index in [1.54, 1.807) is 6.07 Å². The molecule has 0 unspecified atom stereocenters. The number of nitro benzene ring substituents is 1. The average Bonchev–Trinajstić information content (AvgIpc) is 3.19. The maximum Gasteiger partial charge on any atom is 0.292 e. The number of hydrogen-bond donors (Lipinski definition) is 1. The Morgan fingerprint density at radius 2 is 2.20 bits per heavy atom. The zero-order chi connectivity index (χ0) is 14.5. The Labute approximate surface area is 120 Å². The number of anilines is 1. The van der Waals surface area contributed by atoms with Gasteiger partial charge in [-0.25, -0.2) is 0 Å². The minimum absolute atomic E-state index is 0.159. The van der Waals surface area contributed by atoms with Gasteiger partial charge in [0.2, 0.25) is 0 Å². The largest absolute Gasteiger partial charge is 0.379 e. The Kier molecular flexibility index (Phi) is 4.95. The van der Waals surface area contributed by atoms with Crippen molar-refractivity contribution in [2.45, 2.75) is 32.7 Å². The molecule has 0 radical (unpaired) electrons. The third-order valence-electron chi connectivity index (χ3n) is 3.54. The van der Waals surface area contributed by atoms with E-state index in [-0.39, 0.29) is 10.6 Å². The van der Waals surface area contributed by atoms with Crippen LogP contribution in [-0.4, -0.2) is 30.0 Å². The lowest BCUT2D eigenvalue weighted by Gasteiger charge is -2.17. The lowest BCUT2D eigenvalue weighted by molar-refractivity contribution is -0.384. The topological polar surface area (TPSA) is 58.4 Å². The fraction of sp³-hybridized carbons (Fsp3) is 0.600. The molecule has 0 spiro atoms. The van der Waals surface area contributed by atoms with Crippen molar-refractivity contribution in [1.29, 1.82) is 0 Å². The molecule has 1 N–H and O–H groups in total. The molecule has 0 atom stereocenters. The van der Waals surface area contributed by atoms with Crippen LogP contribution in [0, 0.1) is 16.0 Å². The van der Waals surface area contributed by atoms with Gasteiger partial charge in [-0.05, 0) is 43.9 Å². The number of nitrogens with one attached hydrogen (secondary N) is 1. The molecule has 1 aromatic carbocycles. The second kappa shape index (κ2) is 6.70. The highest BCUT2D eigenvalue weighted by molar-refractivity contribution is 5.62. The van der Waals surface area contributed by atoms with Crippen LogP contribution in [0.4, 0.5) is 11.4 Å². The molecule has 1 aliphatic rings. The van der Waals surface area contributed by atoms with Gasteiger partial charge >= 0.3 is 0 Å². The van der Waals surface area contributed by atoms with Crippen LogP contribution in [0.25, 0.3) is 0 Å². The maximum atomic E-state index is 11.0. The molecule has 0 saturated heterocycles. The van der Waals surface area contributed by atoms with Crippen molar-refractivity contribution in [2.24, 2.45) is 5.92 Å². The molecule has 0 aliphatic heterocycles. The highest BCUT2D eigenvalue weighted by Gasteiger charge is 2.23. The van der Waals surface area contributed by atoms with E-state index in [4.69, 9.17) is 0 Å². The van der Waals surface area contributed by atoms with Crippen molar-refractivity contribution in [3.05, 3.63) is 33.9 Å². The minimum atomic E-state index is -0.324. The molecule has 20 heavy (non-hydrogen) atoms. The van der Waals surface area contributed by atoms with Crippen molar-refractivity contribution < 1.29 is 4.92 Å². The first-order chi connectivity index (χ1) is 9.60. The normalized spacial score (nSPS) is 14.6. The number of hydrogen-bond acceptors (Lipinski definition) is 4. The van der Waals surface area contributed by atoms with Gasteiger partial charge in [0, 0.05) is 25.7 Å². The Morgan fingerprint density at radius 1 is 1.45 bits per heavy atom. The number of nitrogens with zero attached hydrogens (tertiary/aromatic N) is 2. The third kappa shape index (κ3) is 4.20. The van der Waals surface area contributed by atoms with Gasteiger partial charge in [0.1, 0.15) is 5.69 Å². The molecule has 1 aliphatic carbocycles. The van der Waals surface area contributed by atoms with E-state index in [1.165, 1.54) is 12.8 Å². The van der Waals surface area contributed by atoms with Crippen LogP contribution in [0.1, 0.15) is 31.7 Å². The zero-order valence-corrected chi connectivity index (χ0v) is 12.3. The molecule has 5 heteroatoms. The molecule has 1 fully saturated rings. The van der Waals surface area contributed by atoms with Gasteiger partial charge in [0.05, 0.1) is 4.92 Å². The van der Waals surface area contributed by atoms with E-state index in [1.807, 2.05) is 19.1 Å². The first-order valence-electron chi connectivity index (χ1n) is 7.30. The summed E-state index contributed by atoms with van der Waals surface area (Å²) < 4.78 is 0. The van der Waals surface area contributed by atoms with Crippen LogP contribution in [-0.2, 0) is 6.54 Å². The molecule has 2 rings (SSSR count). The number of benzene rings is 1. The van der Waals surface area contributed by atoms with E-state index < -0.39 is 0 Å². The molecule has 0 amide bonds. The predicted molar refractivity (Wildman–Crippen MR) is 80.9 cm³/mol. The molecular weight excluding hydrogens is 254 g/mol. The quantitative estimate of drug-likeness (QED) is 0.585. The monoisotopic (exact) mass is 277 g/mol. The first kappa shape index (κ1) is 14.8. The van der Waals surface area contributed by atoms with Crippen molar-refractivity contribution in [1.82, 2.24) is 4.90 Å². The second-order valence-electron chi connectivity index (χ2n) is 5.68. The summed E-state index contributed by atoms with van der Waals surface area (Å²) in [6.07, 6.45) is 3.63. The summed E-state index contributed by atoms with van der Waals surface area (Å²) in [6.45, 7) is 4.76. The zero-order valence-electron chi connectivity index (χ0n) is 12.3. The van der Waals surface area contributed by atoms with Gasteiger partial charge in [-0.1, -0.05) is 13.0 Å². The van der Waals surface area contributed by atoms with Gasteiger partial charge in [0.15, 0.2) is 0 Å². The SMILES string of the molecule is CCCNc1cc(CN(C)CC2CC2)ccc1[N+](=O)[O-]. The summed E-state index contributed by atoms with van der Waals surface area (Å²) in [4.78, 5) is 13.0. The van der Waals surface area contributed by atoms with Crippen LogP contribution in [0.2, 0.25) is 0 Å². The fourth-order valence-electron chi connectivity index (χ4n) is 2.36. The maximum absolute atomic E-state index is 11.0. The molecule has 0 aromatic heterocycles. The Balaban J connectivity index is 2.06. The third-order valence-corrected chi connectivity index (χ3v) is 3.54. The Hall–Kier alpha value is -1.62. The Morgan fingerprint density at radius 3 is 2.80 bits per heavy atom. The summed E-state index contributed by atoms with van der Waals surface area (Å²) in [7, 11) is 2.11. The standard InChI is InChI=1S/C15H23N3O2/c1-3-8-16-14-9-13(6-7-15(14)18(19)20)11-17(2)10-12-4-5-12/h6-7,9,12,16H,3-5,8,10-11H2,1-2H3. The lowest BCUT2D eigenvalue weighted by atomic mass is 10.1. The van der Waals surface area contributed by atoms with E-state index in [2.05, 4.69) is 17.3 Å². The average molecular weight is 277 g/mol. The van der Waals surface area contributed by atoms with E-state index in [9.17, 15) is 10.1 Å². The molecule has 0 heterocycles. The highest BCUT2D eigenvalue weighted by Crippen LogP contribution is 2.30. The lowest BCUT2D eigenvalue weighted by Crippen LogP contribution is -2.20. The second-order valence-corrected chi connectivity index (χ2v) is 5.68. The summed E-state index contributed by atoms with van der Waals surface area (Å²) in [5, 5.41) is 14.2. The molecule has 1 aromatic rings. The molecular formula is C15H23N3O2. The summed E-state index contributed by atoms with van der Waals surface area (Å²) in [5.74, 6) is 0.857.